The van der Waals surface area contributed by atoms with Crippen LogP contribution < -0.4 is 0 Å². The molecule has 2 aromatic carbocycles. The van der Waals surface area contributed by atoms with Gasteiger partial charge in [0.25, 0.3) is 0 Å². The van der Waals surface area contributed by atoms with Crippen LogP contribution in [-0.2, 0) is 27.3 Å². The second-order valence-corrected chi connectivity index (χ2v) is 6.34. The smallest absolute Gasteiger partial charge is 0.328 e. The van der Waals surface area contributed by atoms with Gasteiger partial charge in [-0.25, -0.2) is 4.79 Å². The summed E-state index contributed by atoms with van der Waals surface area (Å²) in [6.45, 7) is 4.07. The lowest BCUT2D eigenvalue weighted by Gasteiger charge is -2.31. The molecule has 1 amide bonds. The largest absolute Gasteiger partial charge is 0.467 e. The van der Waals surface area contributed by atoms with Gasteiger partial charge in [0, 0.05) is 18.9 Å². The molecule has 0 radical (unpaired) electrons. The first-order chi connectivity index (χ1) is 12.0. The summed E-state index contributed by atoms with van der Waals surface area (Å²) in [6, 6.07) is 18.7. The quantitative estimate of drug-likeness (QED) is 0.726. The molecule has 2 rings (SSSR count). The van der Waals surface area contributed by atoms with Crippen LogP contribution in [0.1, 0.15) is 25.0 Å². The van der Waals surface area contributed by atoms with Gasteiger partial charge in [0.05, 0.1) is 7.11 Å². The number of amides is 1. The van der Waals surface area contributed by atoms with E-state index >= 15 is 0 Å². The fraction of sp³-hybridized carbons (Fsp3) is 0.333. The van der Waals surface area contributed by atoms with Gasteiger partial charge in [-0.05, 0) is 11.1 Å². The maximum Gasteiger partial charge on any atom is 0.328 e. The Bertz CT molecular complexity index is 683. The van der Waals surface area contributed by atoms with Gasteiger partial charge in [-0.1, -0.05) is 74.5 Å². The van der Waals surface area contributed by atoms with E-state index in [1.165, 1.54) is 7.11 Å². The Kier molecular flexibility index (Phi) is 6.75. The number of nitrogens with zero attached hydrogens (tertiary/aromatic N) is 1. The standard InChI is InChI=1S/C21H25NO3/c1-16(2)20(23)22(15-18-12-8-5-9-13-18)19(21(24)25-3)14-17-10-6-4-7-11-17/h4-13,16,19H,14-15H2,1-3H3. The van der Waals surface area contributed by atoms with Crippen molar-refractivity contribution in [1.29, 1.82) is 0 Å². The van der Waals surface area contributed by atoms with Crippen molar-refractivity contribution in [3.8, 4) is 0 Å². The minimum absolute atomic E-state index is 0.0600. The topological polar surface area (TPSA) is 46.6 Å². The number of benzene rings is 2. The Balaban J connectivity index is 2.34. The molecule has 4 heteroatoms. The molecular formula is C21H25NO3. The van der Waals surface area contributed by atoms with Crippen LogP contribution >= 0.6 is 0 Å². The van der Waals surface area contributed by atoms with Crippen LogP contribution in [0.25, 0.3) is 0 Å². The number of esters is 1. The van der Waals surface area contributed by atoms with Crippen LogP contribution in [0.3, 0.4) is 0 Å². The first-order valence-corrected chi connectivity index (χ1v) is 8.49. The van der Waals surface area contributed by atoms with Crippen molar-refractivity contribution in [2.45, 2.75) is 32.9 Å². The van der Waals surface area contributed by atoms with E-state index in [2.05, 4.69) is 0 Å². The predicted molar refractivity (Wildman–Crippen MR) is 97.8 cm³/mol. The van der Waals surface area contributed by atoms with Gasteiger partial charge in [0.2, 0.25) is 5.91 Å². The van der Waals surface area contributed by atoms with E-state index in [0.717, 1.165) is 11.1 Å². The Morgan fingerprint density at radius 2 is 1.44 bits per heavy atom. The van der Waals surface area contributed by atoms with Crippen molar-refractivity contribution in [1.82, 2.24) is 4.90 Å². The van der Waals surface area contributed by atoms with Crippen molar-refractivity contribution in [2.75, 3.05) is 7.11 Å². The molecule has 0 heterocycles. The third-order valence-electron chi connectivity index (χ3n) is 4.09. The van der Waals surface area contributed by atoms with E-state index in [0.29, 0.717) is 13.0 Å². The molecule has 0 saturated carbocycles. The third-order valence-corrected chi connectivity index (χ3v) is 4.09. The lowest BCUT2D eigenvalue weighted by molar-refractivity contribution is -0.154. The zero-order chi connectivity index (χ0) is 18.2. The van der Waals surface area contributed by atoms with Crippen LogP contribution in [0.4, 0.5) is 0 Å². The minimum Gasteiger partial charge on any atom is -0.467 e. The number of rotatable bonds is 7. The van der Waals surface area contributed by atoms with Gasteiger partial charge in [0.15, 0.2) is 0 Å². The normalized spacial score (nSPS) is 11.8. The average Bonchev–Trinajstić information content (AvgIpc) is 2.65. The average molecular weight is 339 g/mol. The Morgan fingerprint density at radius 3 is 1.92 bits per heavy atom. The summed E-state index contributed by atoms with van der Waals surface area (Å²) in [4.78, 5) is 26.9. The number of carbonyl (C=O) groups excluding carboxylic acids is 2. The van der Waals surface area contributed by atoms with E-state index in [4.69, 9.17) is 4.74 Å². The number of hydrogen-bond acceptors (Lipinski definition) is 3. The highest BCUT2D eigenvalue weighted by molar-refractivity contribution is 5.85. The lowest BCUT2D eigenvalue weighted by Crippen LogP contribution is -2.48. The molecular weight excluding hydrogens is 314 g/mol. The summed E-state index contributed by atoms with van der Waals surface area (Å²) in [5.41, 5.74) is 1.98. The van der Waals surface area contributed by atoms with Crippen LogP contribution in [-0.4, -0.2) is 29.9 Å². The predicted octanol–water partition coefficient (Wildman–Crippen LogP) is 3.46. The van der Waals surface area contributed by atoms with Crippen molar-refractivity contribution in [2.24, 2.45) is 5.92 Å². The second-order valence-electron chi connectivity index (χ2n) is 6.34. The molecule has 0 aliphatic heterocycles. The monoisotopic (exact) mass is 339 g/mol. The van der Waals surface area contributed by atoms with E-state index in [-0.39, 0.29) is 11.8 Å². The number of ether oxygens (including phenoxy) is 1. The molecule has 0 saturated heterocycles. The van der Waals surface area contributed by atoms with Crippen molar-refractivity contribution in [3.63, 3.8) is 0 Å². The van der Waals surface area contributed by atoms with Gasteiger partial charge >= 0.3 is 5.97 Å². The fourth-order valence-corrected chi connectivity index (χ4v) is 2.75. The summed E-state index contributed by atoms with van der Waals surface area (Å²) < 4.78 is 5.00. The van der Waals surface area contributed by atoms with Crippen LogP contribution in [0, 0.1) is 5.92 Å². The molecule has 1 atom stereocenters. The maximum absolute atomic E-state index is 12.8. The molecule has 0 fully saturated rings. The molecule has 2 aromatic rings. The molecule has 0 N–H and O–H groups in total. The highest BCUT2D eigenvalue weighted by atomic mass is 16.5. The molecule has 25 heavy (non-hydrogen) atoms. The summed E-state index contributed by atoms with van der Waals surface area (Å²) in [5, 5.41) is 0. The van der Waals surface area contributed by atoms with Gasteiger partial charge in [-0.2, -0.15) is 0 Å². The van der Waals surface area contributed by atoms with E-state index in [1.807, 2.05) is 74.5 Å². The summed E-state index contributed by atoms with van der Waals surface area (Å²) >= 11 is 0. The van der Waals surface area contributed by atoms with E-state index < -0.39 is 12.0 Å². The maximum atomic E-state index is 12.8. The molecule has 0 bridgehead atoms. The molecule has 0 aromatic heterocycles. The third kappa shape index (κ3) is 5.18. The van der Waals surface area contributed by atoms with Crippen molar-refractivity contribution in [3.05, 3.63) is 71.8 Å². The van der Waals surface area contributed by atoms with Crippen molar-refractivity contribution >= 4 is 11.9 Å². The van der Waals surface area contributed by atoms with Crippen LogP contribution in [0.5, 0.6) is 0 Å². The highest BCUT2D eigenvalue weighted by Gasteiger charge is 2.32. The minimum atomic E-state index is -0.650. The van der Waals surface area contributed by atoms with Crippen LogP contribution in [0.2, 0.25) is 0 Å². The molecule has 132 valence electrons. The van der Waals surface area contributed by atoms with Crippen molar-refractivity contribution < 1.29 is 14.3 Å². The SMILES string of the molecule is COC(=O)C(Cc1ccccc1)N(Cc1ccccc1)C(=O)C(C)C. The first-order valence-electron chi connectivity index (χ1n) is 8.49. The lowest BCUT2D eigenvalue weighted by atomic mass is 10.0. The van der Waals surface area contributed by atoms with Gasteiger partial charge in [-0.3, -0.25) is 4.79 Å². The Labute approximate surface area is 149 Å². The Hall–Kier alpha value is -2.62. The van der Waals surface area contributed by atoms with Gasteiger partial charge in [0.1, 0.15) is 6.04 Å². The second kappa shape index (κ2) is 9.02. The zero-order valence-corrected chi connectivity index (χ0v) is 15.0. The fourth-order valence-electron chi connectivity index (χ4n) is 2.75. The number of hydrogen-bond donors (Lipinski definition) is 0. The number of carbonyl (C=O) groups is 2. The van der Waals surface area contributed by atoms with Gasteiger partial charge < -0.3 is 9.64 Å². The number of methoxy groups -OCH3 is 1. The summed E-state index contributed by atoms with van der Waals surface area (Å²) in [5.74, 6) is -0.657. The van der Waals surface area contributed by atoms with Gasteiger partial charge in [-0.15, -0.1) is 0 Å². The zero-order valence-electron chi connectivity index (χ0n) is 15.0. The molecule has 4 nitrogen and oxygen atoms in total. The highest BCUT2D eigenvalue weighted by Crippen LogP contribution is 2.17. The molecule has 0 aliphatic carbocycles. The molecule has 0 aliphatic rings. The summed E-state index contributed by atoms with van der Waals surface area (Å²) in [6.07, 6.45) is 0.429. The summed E-state index contributed by atoms with van der Waals surface area (Å²) in [7, 11) is 1.36. The Morgan fingerprint density at radius 1 is 0.920 bits per heavy atom. The van der Waals surface area contributed by atoms with E-state index in [1.54, 1.807) is 4.90 Å². The van der Waals surface area contributed by atoms with E-state index in [9.17, 15) is 9.59 Å². The van der Waals surface area contributed by atoms with Crippen LogP contribution in [0.15, 0.2) is 60.7 Å². The molecule has 1 unspecified atom stereocenters. The molecule has 0 spiro atoms. The first kappa shape index (κ1) is 18.7.